The van der Waals surface area contributed by atoms with Gasteiger partial charge >= 0.3 is 5.97 Å². The Morgan fingerprint density at radius 2 is 2.10 bits per heavy atom. The number of hydrogen-bond acceptors (Lipinski definition) is 3. The molecule has 1 aliphatic heterocycles. The Morgan fingerprint density at radius 1 is 1.33 bits per heavy atom. The molecule has 0 radical (unpaired) electrons. The number of aliphatic carboxylic acids is 1. The second-order valence-corrected chi connectivity index (χ2v) is 5.15. The van der Waals surface area contributed by atoms with Gasteiger partial charge in [-0.2, -0.15) is 0 Å². The third-order valence-electron chi connectivity index (χ3n) is 3.74. The Hall–Kier alpha value is -2.21. The molecule has 5 nitrogen and oxygen atoms in total. The molecular weight excluding hydrogens is 273 g/mol. The molecule has 21 heavy (non-hydrogen) atoms. The molecule has 0 saturated carbocycles. The number of rotatable bonds is 4. The summed E-state index contributed by atoms with van der Waals surface area (Å²) in [6, 6.07) is 6.33. The SMILES string of the molecule is O=C(O)CCN1CCc2c(ncn2-c2ccc(F)cc2)C1. The fourth-order valence-corrected chi connectivity index (χ4v) is 2.63. The first-order chi connectivity index (χ1) is 10.1. The molecule has 1 aromatic carbocycles. The molecule has 1 aromatic heterocycles. The summed E-state index contributed by atoms with van der Waals surface area (Å²) in [5.74, 6) is -1.04. The van der Waals surface area contributed by atoms with Crippen LogP contribution in [0.2, 0.25) is 0 Å². The lowest BCUT2D eigenvalue weighted by Gasteiger charge is -2.26. The van der Waals surface area contributed by atoms with E-state index in [-0.39, 0.29) is 12.2 Å². The van der Waals surface area contributed by atoms with Gasteiger partial charge in [0.2, 0.25) is 0 Å². The summed E-state index contributed by atoms with van der Waals surface area (Å²) in [7, 11) is 0. The minimum absolute atomic E-state index is 0.147. The second-order valence-electron chi connectivity index (χ2n) is 5.15. The predicted octanol–water partition coefficient (Wildman–Crippen LogP) is 1.84. The summed E-state index contributed by atoms with van der Waals surface area (Å²) in [4.78, 5) is 17.1. The van der Waals surface area contributed by atoms with Crippen LogP contribution in [0.1, 0.15) is 17.8 Å². The minimum atomic E-state index is -0.780. The van der Waals surface area contributed by atoms with Gasteiger partial charge in [0.05, 0.1) is 18.4 Å². The van der Waals surface area contributed by atoms with Crippen molar-refractivity contribution in [3.05, 3.63) is 47.8 Å². The van der Waals surface area contributed by atoms with Crippen LogP contribution in [-0.2, 0) is 17.8 Å². The number of aromatic nitrogens is 2. The molecule has 1 aliphatic rings. The molecule has 6 heteroatoms. The van der Waals surface area contributed by atoms with Crippen molar-refractivity contribution < 1.29 is 14.3 Å². The molecule has 0 atom stereocenters. The van der Waals surface area contributed by atoms with E-state index < -0.39 is 5.97 Å². The fourth-order valence-electron chi connectivity index (χ4n) is 2.63. The van der Waals surface area contributed by atoms with Gasteiger partial charge in [-0.3, -0.25) is 9.69 Å². The minimum Gasteiger partial charge on any atom is -0.481 e. The largest absolute Gasteiger partial charge is 0.481 e. The molecule has 0 spiro atoms. The van der Waals surface area contributed by atoms with E-state index in [0.29, 0.717) is 13.1 Å². The number of hydrogen-bond donors (Lipinski definition) is 1. The van der Waals surface area contributed by atoms with Gasteiger partial charge in [0.25, 0.3) is 0 Å². The summed E-state index contributed by atoms with van der Waals surface area (Å²) >= 11 is 0. The van der Waals surface area contributed by atoms with Crippen molar-refractivity contribution in [2.24, 2.45) is 0 Å². The van der Waals surface area contributed by atoms with E-state index in [1.165, 1.54) is 12.1 Å². The Kier molecular flexibility index (Phi) is 3.70. The van der Waals surface area contributed by atoms with Crippen LogP contribution in [0, 0.1) is 5.82 Å². The van der Waals surface area contributed by atoms with Crippen molar-refractivity contribution in [1.29, 1.82) is 0 Å². The quantitative estimate of drug-likeness (QED) is 0.933. The Bertz CT molecular complexity index is 651. The molecule has 0 amide bonds. The first-order valence-corrected chi connectivity index (χ1v) is 6.88. The van der Waals surface area contributed by atoms with Crippen LogP contribution in [0.5, 0.6) is 0 Å². The van der Waals surface area contributed by atoms with Gasteiger partial charge < -0.3 is 9.67 Å². The van der Waals surface area contributed by atoms with Gasteiger partial charge in [-0.1, -0.05) is 0 Å². The third-order valence-corrected chi connectivity index (χ3v) is 3.74. The lowest BCUT2D eigenvalue weighted by atomic mass is 10.1. The van der Waals surface area contributed by atoms with Crippen molar-refractivity contribution in [1.82, 2.24) is 14.5 Å². The fraction of sp³-hybridized carbons (Fsp3) is 0.333. The molecular formula is C15H16FN3O2. The molecule has 2 heterocycles. The summed E-state index contributed by atoms with van der Waals surface area (Å²) in [5, 5.41) is 8.74. The summed E-state index contributed by atoms with van der Waals surface area (Å²) in [6.45, 7) is 2.02. The lowest BCUT2D eigenvalue weighted by molar-refractivity contribution is -0.137. The van der Waals surface area contributed by atoms with Gasteiger partial charge in [-0.05, 0) is 24.3 Å². The maximum atomic E-state index is 13.0. The maximum absolute atomic E-state index is 13.0. The van der Waals surface area contributed by atoms with Crippen molar-refractivity contribution in [3.63, 3.8) is 0 Å². The van der Waals surface area contributed by atoms with Gasteiger partial charge in [0.15, 0.2) is 0 Å². The molecule has 0 fully saturated rings. The number of imidazole rings is 1. The van der Waals surface area contributed by atoms with E-state index in [4.69, 9.17) is 5.11 Å². The summed E-state index contributed by atoms with van der Waals surface area (Å²) in [6.07, 6.45) is 2.71. The topological polar surface area (TPSA) is 58.4 Å². The lowest BCUT2D eigenvalue weighted by Crippen LogP contribution is -2.33. The van der Waals surface area contributed by atoms with Crippen LogP contribution in [0.4, 0.5) is 4.39 Å². The standard InChI is InChI=1S/C15H16FN3O2/c16-11-1-3-12(4-2-11)19-10-17-13-9-18(7-5-14(13)19)8-6-15(20)21/h1-4,10H,5-9H2,(H,20,21). The van der Waals surface area contributed by atoms with E-state index in [1.807, 2.05) is 4.57 Å². The maximum Gasteiger partial charge on any atom is 0.304 e. The normalized spacial score (nSPS) is 14.9. The number of carbonyl (C=O) groups is 1. The number of carboxylic acid groups (broad SMARTS) is 1. The van der Waals surface area contributed by atoms with Gasteiger partial charge in [0.1, 0.15) is 5.82 Å². The summed E-state index contributed by atoms with van der Waals surface area (Å²) < 4.78 is 15.0. The second kappa shape index (κ2) is 5.65. The van der Waals surface area contributed by atoms with Crippen LogP contribution >= 0.6 is 0 Å². The number of fused-ring (bicyclic) bond motifs is 1. The Labute approximate surface area is 121 Å². The van der Waals surface area contributed by atoms with Crippen molar-refractivity contribution >= 4 is 5.97 Å². The summed E-state index contributed by atoms with van der Waals surface area (Å²) in [5.41, 5.74) is 2.98. The number of nitrogens with zero attached hydrogens (tertiary/aromatic N) is 3. The monoisotopic (exact) mass is 289 g/mol. The van der Waals surface area contributed by atoms with Crippen molar-refractivity contribution in [2.45, 2.75) is 19.4 Å². The molecule has 0 bridgehead atoms. The average Bonchev–Trinajstić information content (AvgIpc) is 2.89. The van der Waals surface area contributed by atoms with Crippen LogP contribution in [0.15, 0.2) is 30.6 Å². The molecule has 1 N–H and O–H groups in total. The van der Waals surface area contributed by atoms with E-state index in [2.05, 4.69) is 9.88 Å². The zero-order valence-corrected chi connectivity index (χ0v) is 11.5. The van der Waals surface area contributed by atoms with Gasteiger partial charge in [-0.15, -0.1) is 0 Å². The highest BCUT2D eigenvalue weighted by Gasteiger charge is 2.21. The van der Waals surface area contributed by atoms with Crippen LogP contribution in [-0.4, -0.2) is 38.6 Å². The number of carboxylic acids is 1. The molecule has 2 aromatic rings. The van der Waals surface area contributed by atoms with Crippen LogP contribution in [0.25, 0.3) is 5.69 Å². The number of halogens is 1. The number of benzene rings is 1. The highest BCUT2D eigenvalue weighted by molar-refractivity contribution is 5.66. The van der Waals surface area contributed by atoms with Crippen molar-refractivity contribution in [3.8, 4) is 5.69 Å². The van der Waals surface area contributed by atoms with Crippen LogP contribution in [0.3, 0.4) is 0 Å². The molecule has 0 saturated heterocycles. The average molecular weight is 289 g/mol. The van der Waals surface area contributed by atoms with Crippen molar-refractivity contribution in [2.75, 3.05) is 13.1 Å². The Morgan fingerprint density at radius 3 is 2.81 bits per heavy atom. The highest BCUT2D eigenvalue weighted by Crippen LogP contribution is 2.21. The molecule has 0 unspecified atom stereocenters. The van der Waals surface area contributed by atoms with E-state index in [0.717, 1.165) is 30.0 Å². The van der Waals surface area contributed by atoms with Gasteiger partial charge in [0, 0.05) is 37.4 Å². The van der Waals surface area contributed by atoms with Crippen LogP contribution < -0.4 is 0 Å². The van der Waals surface area contributed by atoms with Gasteiger partial charge in [-0.25, -0.2) is 9.37 Å². The molecule has 0 aliphatic carbocycles. The molecule has 110 valence electrons. The van der Waals surface area contributed by atoms with E-state index in [9.17, 15) is 9.18 Å². The third kappa shape index (κ3) is 2.95. The highest BCUT2D eigenvalue weighted by atomic mass is 19.1. The smallest absolute Gasteiger partial charge is 0.304 e. The first-order valence-electron chi connectivity index (χ1n) is 6.88. The zero-order valence-electron chi connectivity index (χ0n) is 11.5. The zero-order chi connectivity index (χ0) is 14.8. The Balaban J connectivity index is 1.77. The molecule has 3 rings (SSSR count). The predicted molar refractivity (Wildman–Crippen MR) is 74.8 cm³/mol. The van der Waals surface area contributed by atoms with E-state index >= 15 is 0 Å². The first kappa shape index (κ1) is 13.8. The van der Waals surface area contributed by atoms with E-state index in [1.54, 1.807) is 18.5 Å².